The monoisotopic (exact) mass is 291 g/mol. The molecule has 0 bridgehead atoms. The molecule has 1 aromatic carbocycles. The van der Waals surface area contributed by atoms with Gasteiger partial charge in [0.15, 0.2) is 0 Å². The number of methoxy groups -OCH3 is 1. The van der Waals surface area contributed by atoms with Crippen molar-refractivity contribution in [2.45, 2.75) is 51.0 Å². The molecule has 0 heterocycles. The average Bonchev–Trinajstić information content (AvgIpc) is 2.51. The zero-order chi connectivity index (χ0) is 14.9. The van der Waals surface area contributed by atoms with Crippen LogP contribution in [0.5, 0.6) is 11.5 Å². The van der Waals surface area contributed by atoms with Crippen molar-refractivity contribution >= 4 is 0 Å². The van der Waals surface area contributed by atoms with Gasteiger partial charge in [0.2, 0.25) is 0 Å². The molecule has 0 N–H and O–H groups in total. The first kappa shape index (κ1) is 16.2. The third-order valence-corrected chi connectivity index (χ3v) is 3.89. The second kappa shape index (κ2) is 8.93. The Morgan fingerprint density at radius 1 is 1.14 bits per heavy atom. The zero-order valence-electron chi connectivity index (χ0n) is 13.1. The van der Waals surface area contributed by atoms with Gasteiger partial charge in [-0.15, -0.1) is 0 Å². The summed E-state index contributed by atoms with van der Waals surface area (Å²) in [7, 11) is 1.68. The van der Waals surface area contributed by atoms with Gasteiger partial charge in [-0.3, -0.25) is 0 Å². The van der Waals surface area contributed by atoms with E-state index in [-0.39, 0.29) is 0 Å². The van der Waals surface area contributed by atoms with Crippen LogP contribution in [0.15, 0.2) is 18.2 Å². The first-order valence-corrected chi connectivity index (χ1v) is 8.04. The van der Waals surface area contributed by atoms with Crippen LogP contribution in [0.4, 0.5) is 0 Å². The van der Waals surface area contributed by atoms with E-state index in [2.05, 4.69) is 13.0 Å². The molecule has 0 unspecified atom stereocenters. The van der Waals surface area contributed by atoms with Crippen molar-refractivity contribution in [3.05, 3.63) is 30.7 Å². The van der Waals surface area contributed by atoms with Gasteiger partial charge in [-0.05, 0) is 50.2 Å². The third-order valence-electron chi connectivity index (χ3n) is 3.89. The molecule has 0 aliphatic heterocycles. The van der Waals surface area contributed by atoms with Gasteiger partial charge in [-0.25, -0.2) is 0 Å². The van der Waals surface area contributed by atoms with Crippen LogP contribution in [0, 0.1) is 6.92 Å². The molecule has 1 aromatic rings. The standard InChI is InChI=1S/C18H27O3/c1-3-7-15-10-11-17(20-13-12-19-2)14-18(15)21-16-8-5-4-6-9-16/h10-11,14,16H,1,3-9,12-13H2,2H3. The van der Waals surface area contributed by atoms with E-state index in [1.165, 1.54) is 37.7 Å². The Balaban J connectivity index is 2.04. The number of hydrogen-bond donors (Lipinski definition) is 0. The third kappa shape index (κ3) is 5.24. The minimum atomic E-state index is 0.358. The molecule has 1 fully saturated rings. The maximum atomic E-state index is 6.25. The number of aryl methyl sites for hydroxylation is 1. The molecule has 0 aromatic heterocycles. The van der Waals surface area contributed by atoms with Crippen molar-refractivity contribution in [1.82, 2.24) is 0 Å². The summed E-state index contributed by atoms with van der Waals surface area (Å²) in [6, 6.07) is 6.13. The van der Waals surface area contributed by atoms with E-state index in [1.54, 1.807) is 7.11 Å². The topological polar surface area (TPSA) is 27.7 Å². The van der Waals surface area contributed by atoms with Gasteiger partial charge in [-0.1, -0.05) is 19.4 Å². The number of hydrogen-bond acceptors (Lipinski definition) is 3. The summed E-state index contributed by atoms with van der Waals surface area (Å²) in [4.78, 5) is 0. The lowest BCUT2D eigenvalue weighted by Crippen LogP contribution is -2.20. The first-order chi connectivity index (χ1) is 10.3. The van der Waals surface area contributed by atoms with Crippen LogP contribution in [0.25, 0.3) is 0 Å². The van der Waals surface area contributed by atoms with Gasteiger partial charge in [0.25, 0.3) is 0 Å². The summed E-state index contributed by atoms with van der Waals surface area (Å²) in [5.74, 6) is 1.83. The second-order valence-corrected chi connectivity index (χ2v) is 5.59. The van der Waals surface area contributed by atoms with Crippen LogP contribution < -0.4 is 9.47 Å². The fourth-order valence-corrected chi connectivity index (χ4v) is 2.74. The van der Waals surface area contributed by atoms with Gasteiger partial charge in [0.1, 0.15) is 18.1 Å². The molecule has 0 amide bonds. The van der Waals surface area contributed by atoms with E-state index < -0.39 is 0 Å². The lowest BCUT2D eigenvalue weighted by molar-refractivity contribution is 0.143. The SMILES string of the molecule is [CH2]CCc1ccc(OCCOC)cc1OC1CCCCC1. The highest BCUT2D eigenvalue weighted by molar-refractivity contribution is 5.41. The van der Waals surface area contributed by atoms with Crippen LogP contribution in [-0.4, -0.2) is 26.4 Å². The Hall–Kier alpha value is -1.22. The molecule has 0 spiro atoms. The van der Waals surface area contributed by atoms with E-state index in [0.29, 0.717) is 19.3 Å². The maximum Gasteiger partial charge on any atom is 0.126 e. The van der Waals surface area contributed by atoms with Crippen LogP contribution in [0.3, 0.4) is 0 Å². The molecule has 1 aliphatic carbocycles. The highest BCUT2D eigenvalue weighted by atomic mass is 16.5. The van der Waals surface area contributed by atoms with E-state index in [9.17, 15) is 0 Å². The molecule has 1 radical (unpaired) electrons. The van der Waals surface area contributed by atoms with Crippen LogP contribution in [-0.2, 0) is 11.2 Å². The number of ether oxygens (including phenoxy) is 3. The van der Waals surface area contributed by atoms with Crippen molar-refractivity contribution < 1.29 is 14.2 Å². The van der Waals surface area contributed by atoms with Gasteiger partial charge < -0.3 is 14.2 Å². The minimum Gasteiger partial charge on any atom is -0.491 e. The number of rotatable bonds is 8. The lowest BCUT2D eigenvalue weighted by Gasteiger charge is -2.24. The molecule has 3 heteroatoms. The number of benzene rings is 1. The highest BCUT2D eigenvalue weighted by Gasteiger charge is 2.16. The normalized spacial score (nSPS) is 15.9. The Morgan fingerprint density at radius 3 is 2.67 bits per heavy atom. The summed E-state index contributed by atoms with van der Waals surface area (Å²) in [5.41, 5.74) is 1.23. The predicted octanol–water partition coefficient (Wildman–Crippen LogP) is 4.19. The minimum absolute atomic E-state index is 0.358. The quantitative estimate of drug-likeness (QED) is 0.672. The summed E-state index contributed by atoms with van der Waals surface area (Å²) in [6.07, 6.45) is 8.41. The fourth-order valence-electron chi connectivity index (χ4n) is 2.74. The van der Waals surface area contributed by atoms with E-state index >= 15 is 0 Å². The molecule has 0 atom stereocenters. The fraction of sp³-hybridized carbons (Fsp3) is 0.611. The van der Waals surface area contributed by atoms with Crippen LogP contribution in [0.2, 0.25) is 0 Å². The predicted molar refractivity (Wildman–Crippen MR) is 85.0 cm³/mol. The van der Waals surface area contributed by atoms with Gasteiger partial charge >= 0.3 is 0 Å². The Labute approximate surface area is 128 Å². The van der Waals surface area contributed by atoms with Crippen LogP contribution >= 0.6 is 0 Å². The molecule has 1 saturated carbocycles. The Bertz CT molecular complexity index is 411. The summed E-state index contributed by atoms with van der Waals surface area (Å²) in [5, 5.41) is 0. The summed E-state index contributed by atoms with van der Waals surface area (Å²) < 4.78 is 16.9. The summed E-state index contributed by atoms with van der Waals surface area (Å²) in [6.45, 7) is 5.11. The summed E-state index contributed by atoms with van der Waals surface area (Å²) >= 11 is 0. The molecule has 1 aliphatic rings. The van der Waals surface area contributed by atoms with Crippen molar-refractivity contribution in [1.29, 1.82) is 0 Å². The molecule has 2 rings (SSSR count). The molecular weight excluding hydrogens is 264 g/mol. The van der Waals surface area contributed by atoms with Crippen molar-refractivity contribution in [2.24, 2.45) is 0 Å². The molecular formula is C18H27O3. The zero-order valence-corrected chi connectivity index (χ0v) is 13.1. The second-order valence-electron chi connectivity index (χ2n) is 5.59. The van der Waals surface area contributed by atoms with E-state index in [0.717, 1.165) is 24.3 Å². The van der Waals surface area contributed by atoms with Crippen LogP contribution in [0.1, 0.15) is 44.1 Å². The molecule has 3 nitrogen and oxygen atoms in total. The lowest BCUT2D eigenvalue weighted by atomic mass is 9.97. The maximum absolute atomic E-state index is 6.25. The molecule has 21 heavy (non-hydrogen) atoms. The first-order valence-electron chi connectivity index (χ1n) is 8.04. The van der Waals surface area contributed by atoms with Gasteiger partial charge in [-0.2, -0.15) is 0 Å². The van der Waals surface area contributed by atoms with E-state index in [4.69, 9.17) is 14.2 Å². The largest absolute Gasteiger partial charge is 0.491 e. The average molecular weight is 291 g/mol. The highest BCUT2D eigenvalue weighted by Crippen LogP contribution is 2.30. The Kier molecular flexibility index (Phi) is 6.87. The van der Waals surface area contributed by atoms with Gasteiger partial charge in [0, 0.05) is 13.2 Å². The van der Waals surface area contributed by atoms with Crippen molar-refractivity contribution in [3.8, 4) is 11.5 Å². The van der Waals surface area contributed by atoms with Gasteiger partial charge in [0.05, 0.1) is 12.7 Å². The smallest absolute Gasteiger partial charge is 0.126 e. The van der Waals surface area contributed by atoms with Crippen molar-refractivity contribution in [2.75, 3.05) is 20.3 Å². The Morgan fingerprint density at radius 2 is 1.95 bits per heavy atom. The van der Waals surface area contributed by atoms with Crippen molar-refractivity contribution in [3.63, 3.8) is 0 Å². The molecule has 117 valence electrons. The molecule has 0 saturated heterocycles. The van der Waals surface area contributed by atoms with E-state index in [1.807, 2.05) is 12.1 Å².